The zero-order valence-corrected chi connectivity index (χ0v) is 19.4. The summed E-state index contributed by atoms with van der Waals surface area (Å²) in [6.07, 6.45) is 1.85. The zero-order valence-electron chi connectivity index (χ0n) is 19.4. The van der Waals surface area contributed by atoms with Crippen LogP contribution in [0, 0.1) is 13.8 Å². The molecular formula is C27H24N4O3. The van der Waals surface area contributed by atoms with Crippen molar-refractivity contribution in [2.45, 2.75) is 19.9 Å². The van der Waals surface area contributed by atoms with Crippen LogP contribution in [0.1, 0.15) is 28.8 Å². The normalized spacial score (nSPS) is 14.9. The maximum atomic E-state index is 13.2. The number of para-hydroxylation sites is 2. The molecule has 1 unspecified atom stereocenters. The third kappa shape index (κ3) is 2.70. The van der Waals surface area contributed by atoms with Crippen LogP contribution in [-0.2, 0) is 14.1 Å². The van der Waals surface area contributed by atoms with E-state index in [9.17, 15) is 9.59 Å². The Bertz CT molecular complexity index is 1720. The van der Waals surface area contributed by atoms with Gasteiger partial charge in [-0.05, 0) is 55.8 Å². The molecular weight excluding hydrogens is 428 g/mol. The van der Waals surface area contributed by atoms with Gasteiger partial charge in [0.05, 0.1) is 28.0 Å². The van der Waals surface area contributed by atoms with Gasteiger partial charge in [0.2, 0.25) is 0 Å². The minimum atomic E-state index is -0.388. The highest BCUT2D eigenvalue weighted by Gasteiger charge is 2.38. The van der Waals surface area contributed by atoms with Crippen LogP contribution >= 0.6 is 0 Å². The molecule has 1 atom stereocenters. The van der Waals surface area contributed by atoms with Gasteiger partial charge in [0.15, 0.2) is 0 Å². The minimum Gasteiger partial charge on any atom is -0.464 e. The molecule has 0 radical (unpaired) electrons. The lowest BCUT2D eigenvalue weighted by Crippen LogP contribution is -2.37. The van der Waals surface area contributed by atoms with Crippen LogP contribution in [0.2, 0.25) is 0 Å². The number of aromatic nitrogens is 3. The van der Waals surface area contributed by atoms with E-state index in [1.54, 1.807) is 11.6 Å². The molecule has 7 heteroatoms. The molecule has 0 N–H and O–H groups in total. The summed E-state index contributed by atoms with van der Waals surface area (Å²) in [5.74, 6) is 1.54. The number of hydrogen-bond acceptors (Lipinski definition) is 4. The van der Waals surface area contributed by atoms with Gasteiger partial charge in [-0.3, -0.25) is 13.9 Å². The summed E-state index contributed by atoms with van der Waals surface area (Å²) < 4.78 is 11.0. The van der Waals surface area contributed by atoms with E-state index in [-0.39, 0.29) is 17.3 Å². The number of aryl methyl sites for hydroxylation is 3. The van der Waals surface area contributed by atoms with E-state index in [0.717, 1.165) is 44.4 Å². The average molecular weight is 453 g/mol. The predicted molar refractivity (Wildman–Crippen MR) is 132 cm³/mol. The Morgan fingerprint density at radius 3 is 2.32 bits per heavy atom. The van der Waals surface area contributed by atoms with Crippen molar-refractivity contribution >= 4 is 22.3 Å². The van der Waals surface area contributed by atoms with E-state index in [2.05, 4.69) is 36.1 Å². The first-order valence-corrected chi connectivity index (χ1v) is 11.2. The molecule has 3 aromatic heterocycles. The fourth-order valence-electron chi connectivity index (χ4n) is 5.13. The van der Waals surface area contributed by atoms with Gasteiger partial charge in [-0.1, -0.05) is 24.3 Å². The molecule has 2 aromatic carbocycles. The number of furan rings is 1. The fourth-order valence-corrected chi connectivity index (χ4v) is 5.13. The number of benzene rings is 2. The first kappa shape index (κ1) is 20.4. The molecule has 0 saturated heterocycles. The molecule has 4 heterocycles. The predicted octanol–water partition coefficient (Wildman–Crippen LogP) is 4.48. The molecule has 7 nitrogen and oxygen atoms in total. The van der Waals surface area contributed by atoms with E-state index < -0.39 is 0 Å². The monoisotopic (exact) mass is 452 g/mol. The zero-order chi connectivity index (χ0) is 23.7. The van der Waals surface area contributed by atoms with Crippen LogP contribution in [0.3, 0.4) is 0 Å². The molecule has 0 aliphatic carbocycles. The summed E-state index contributed by atoms with van der Waals surface area (Å²) in [5, 5.41) is 0.494. The fraction of sp³-hybridized carbons (Fsp3) is 0.185. The SMILES string of the molecule is Cc1cccc(N2c3ccccc3-n3cc4c(=O)n(C)c(=O)n(C)c4c3C2c2ccc(C)o2)c1. The molecule has 0 spiro atoms. The quantitative estimate of drug-likeness (QED) is 0.396. The molecule has 170 valence electrons. The second-order valence-corrected chi connectivity index (χ2v) is 8.90. The van der Waals surface area contributed by atoms with Crippen molar-refractivity contribution in [3.8, 4) is 5.69 Å². The van der Waals surface area contributed by atoms with Crippen molar-refractivity contribution in [2.24, 2.45) is 14.1 Å². The summed E-state index contributed by atoms with van der Waals surface area (Å²) in [6, 6.07) is 19.9. The topological polar surface area (TPSA) is 65.3 Å². The first-order chi connectivity index (χ1) is 16.4. The number of rotatable bonds is 2. The highest BCUT2D eigenvalue weighted by atomic mass is 16.3. The highest BCUT2D eigenvalue weighted by molar-refractivity contribution is 5.88. The average Bonchev–Trinajstić information content (AvgIpc) is 3.45. The molecule has 0 fully saturated rings. The van der Waals surface area contributed by atoms with Gasteiger partial charge in [0.1, 0.15) is 17.6 Å². The van der Waals surface area contributed by atoms with Gasteiger partial charge < -0.3 is 13.9 Å². The number of nitrogens with zero attached hydrogens (tertiary/aromatic N) is 4. The van der Waals surface area contributed by atoms with Gasteiger partial charge in [0, 0.05) is 26.0 Å². The Morgan fingerprint density at radius 2 is 1.62 bits per heavy atom. The van der Waals surface area contributed by atoms with Gasteiger partial charge in [-0.15, -0.1) is 0 Å². The molecule has 34 heavy (non-hydrogen) atoms. The standard InChI is InChI=1S/C27H24N4O3/c1-16-8-7-9-18(14-16)31-21-11-6-5-10-20(21)30-15-19-23(28(3)27(33)29(4)26(19)32)25(30)24(31)22-13-12-17(2)34-22/h5-15,24H,1-4H3. The Labute approximate surface area is 195 Å². The Morgan fingerprint density at radius 1 is 0.853 bits per heavy atom. The van der Waals surface area contributed by atoms with E-state index in [1.807, 2.05) is 54.1 Å². The molecule has 5 aromatic rings. The second kappa shape index (κ2) is 7.12. The van der Waals surface area contributed by atoms with Crippen molar-refractivity contribution < 1.29 is 4.42 Å². The first-order valence-electron chi connectivity index (χ1n) is 11.2. The van der Waals surface area contributed by atoms with Crippen LogP contribution in [-0.4, -0.2) is 13.7 Å². The lowest BCUT2D eigenvalue weighted by atomic mass is 10.0. The lowest BCUT2D eigenvalue weighted by Gasteiger charge is -2.39. The molecule has 6 rings (SSSR count). The van der Waals surface area contributed by atoms with Crippen molar-refractivity contribution in [2.75, 3.05) is 4.90 Å². The van der Waals surface area contributed by atoms with E-state index >= 15 is 0 Å². The highest BCUT2D eigenvalue weighted by Crippen LogP contribution is 2.48. The van der Waals surface area contributed by atoms with E-state index in [4.69, 9.17) is 4.42 Å². The van der Waals surface area contributed by atoms with Crippen LogP contribution in [0.4, 0.5) is 11.4 Å². The molecule has 1 aliphatic heterocycles. The van der Waals surface area contributed by atoms with Crippen LogP contribution in [0.15, 0.2) is 80.9 Å². The summed E-state index contributed by atoms with van der Waals surface area (Å²) in [4.78, 5) is 28.4. The smallest absolute Gasteiger partial charge is 0.331 e. The lowest BCUT2D eigenvalue weighted by molar-refractivity contribution is 0.457. The van der Waals surface area contributed by atoms with Gasteiger partial charge in [0.25, 0.3) is 5.56 Å². The molecule has 0 amide bonds. The number of hydrogen-bond donors (Lipinski definition) is 0. The summed E-state index contributed by atoms with van der Waals surface area (Å²) >= 11 is 0. The summed E-state index contributed by atoms with van der Waals surface area (Å²) in [7, 11) is 3.23. The number of anilines is 2. The van der Waals surface area contributed by atoms with E-state index in [1.165, 1.54) is 7.05 Å². The third-order valence-corrected chi connectivity index (χ3v) is 6.69. The second-order valence-electron chi connectivity index (χ2n) is 8.90. The maximum absolute atomic E-state index is 13.2. The largest absolute Gasteiger partial charge is 0.464 e. The van der Waals surface area contributed by atoms with Crippen molar-refractivity contribution in [1.82, 2.24) is 13.7 Å². The van der Waals surface area contributed by atoms with Crippen molar-refractivity contribution in [1.29, 1.82) is 0 Å². The van der Waals surface area contributed by atoms with Gasteiger partial charge in [-0.25, -0.2) is 4.79 Å². The molecule has 1 aliphatic rings. The summed E-state index contributed by atoms with van der Waals surface area (Å²) in [6.45, 7) is 3.98. The molecule has 0 saturated carbocycles. The third-order valence-electron chi connectivity index (χ3n) is 6.69. The maximum Gasteiger partial charge on any atom is 0.331 e. The Kier molecular flexibility index (Phi) is 4.26. The van der Waals surface area contributed by atoms with Crippen molar-refractivity contribution in [3.63, 3.8) is 0 Å². The van der Waals surface area contributed by atoms with E-state index in [0.29, 0.717) is 10.9 Å². The van der Waals surface area contributed by atoms with Crippen molar-refractivity contribution in [3.05, 3.63) is 110 Å². The summed E-state index contributed by atoms with van der Waals surface area (Å²) in [5.41, 5.74) is 4.82. The van der Waals surface area contributed by atoms with Crippen LogP contribution < -0.4 is 16.1 Å². The van der Waals surface area contributed by atoms with Crippen LogP contribution in [0.5, 0.6) is 0 Å². The number of fused-ring (bicyclic) bond motifs is 5. The van der Waals surface area contributed by atoms with Gasteiger partial charge >= 0.3 is 5.69 Å². The van der Waals surface area contributed by atoms with Crippen LogP contribution in [0.25, 0.3) is 16.6 Å². The van der Waals surface area contributed by atoms with Gasteiger partial charge in [-0.2, -0.15) is 0 Å². The Balaban J connectivity index is 1.81. The molecule has 0 bridgehead atoms. The minimum absolute atomic E-state index is 0.311. The Hall–Kier alpha value is -4.26.